The molecule has 0 aromatic carbocycles. The Kier molecular flexibility index (Phi) is 14.9. The Hall–Kier alpha value is -1.78. The highest BCUT2D eigenvalue weighted by molar-refractivity contribution is 5.89. The smallest absolute Gasteiger partial charge is 0.355 e. The first-order valence-electron chi connectivity index (χ1n) is 11.8. The third-order valence-electron chi connectivity index (χ3n) is 5.22. The van der Waals surface area contributed by atoms with Crippen molar-refractivity contribution in [2.75, 3.05) is 13.2 Å². The average Bonchev–Trinajstić information content (AvgIpc) is 3.19. The SMILES string of the molecule is CCCCCCCCCCCCCc1c[nH]c(C(=O)OCC(=O)NCCCC)c1. The third kappa shape index (κ3) is 13.1. The Bertz CT molecular complexity index is 554. The molecule has 0 fully saturated rings. The first-order chi connectivity index (χ1) is 14.2. The van der Waals surface area contributed by atoms with Crippen LogP contribution in [0.15, 0.2) is 12.3 Å². The van der Waals surface area contributed by atoms with Gasteiger partial charge in [0, 0.05) is 12.7 Å². The van der Waals surface area contributed by atoms with Crippen LogP contribution in [-0.2, 0) is 16.0 Å². The van der Waals surface area contributed by atoms with E-state index in [0.29, 0.717) is 12.2 Å². The first-order valence-corrected chi connectivity index (χ1v) is 11.8. The number of carbonyl (C=O) groups excluding carboxylic acids is 2. The van der Waals surface area contributed by atoms with Crippen molar-refractivity contribution in [1.82, 2.24) is 10.3 Å². The number of ether oxygens (including phenoxy) is 1. The van der Waals surface area contributed by atoms with Gasteiger partial charge in [-0.05, 0) is 30.9 Å². The van der Waals surface area contributed by atoms with E-state index in [9.17, 15) is 9.59 Å². The Morgan fingerprint density at radius 3 is 2.07 bits per heavy atom. The summed E-state index contributed by atoms with van der Waals surface area (Å²) in [4.78, 5) is 26.6. The lowest BCUT2D eigenvalue weighted by Crippen LogP contribution is -2.29. The maximum Gasteiger partial charge on any atom is 0.355 e. The molecule has 1 rings (SSSR count). The molecule has 0 aliphatic heterocycles. The Morgan fingerprint density at radius 2 is 1.45 bits per heavy atom. The molecule has 2 N–H and O–H groups in total. The summed E-state index contributed by atoms with van der Waals surface area (Å²) in [7, 11) is 0. The van der Waals surface area contributed by atoms with Crippen LogP contribution in [0.25, 0.3) is 0 Å². The molecule has 5 heteroatoms. The lowest BCUT2D eigenvalue weighted by molar-refractivity contribution is -0.124. The van der Waals surface area contributed by atoms with Crippen LogP contribution in [0.2, 0.25) is 0 Å². The molecule has 0 saturated heterocycles. The molecule has 0 aliphatic rings. The third-order valence-corrected chi connectivity index (χ3v) is 5.22. The van der Waals surface area contributed by atoms with Gasteiger partial charge in [-0.15, -0.1) is 0 Å². The van der Waals surface area contributed by atoms with Crippen LogP contribution in [0.3, 0.4) is 0 Å². The second-order valence-corrected chi connectivity index (χ2v) is 7.99. The zero-order valence-corrected chi connectivity index (χ0v) is 18.7. The van der Waals surface area contributed by atoms with Gasteiger partial charge in [0.25, 0.3) is 5.91 Å². The molecule has 29 heavy (non-hydrogen) atoms. The van der Waals surface area contributed by atoms with Gasteiger partial charge in [-0.1, -0.05) is 84.5 Å². The van der Waals surface area contributed by atoms with Crippen LogP contribution in [0.1, 0.15) is 113 Å². The number of unbranched alkanes of at least 4 members (excludes halogenated alkanes) is 11. The number of hydrogen-bond acceptors (Lipinski definition) is 3. The van der Waals surface area contributed by atoms with Crippen molar-refractivity contribution >= 4 is 11.9 Å². The number of aromatic nitrogens is 1. The number of nitrogens with one attached hydrogen (secondary N) is 2. The van der Waals surface area contributed by atoms with Gasteiger partial charge in [0.05, 0.1) is 0 Å². The van der Waals surface area contributed by atoms with Gasteiger partial charge in [0.15, 0.2) is 6.61 Å². The van der Waals surface area contributed by atoms with E-state index >= 15 is 0 Å². The van der Waals surface area contributed by atoms with E-state index < -0.39 is 5.97 Å². The zero-order chi connectivity index (χ0) is 21.2. The molecule has 1 amide bonds. The van der Waals surface area contributed by atoms with Gasteiger partial charge in [0.1, 0.15) is 5.69 Å². The van der Waals surface area contributed by atoms with Gasteiger partial charge < -0.3 is 15.0 Å². The normalized spacial score (nSPS) is 10.8. The van der Waals surface area contributed by atoms with Gasteiger partial charge in [-0.2, -0.15) is 0 Å². The summed E-state index contributed by atoms with van der Waals surface area (Å²) in [5.41, 5.74) is 1.55. The summed E-state index contributed by atoms with van der Waals surface area (Å²) >= 11 is 0. The highest BCUT2D eigenvalue weighted by Crippen LogP contribution is 2.13. The van der Waals surface area contributed by atoms with Gasteiger partial charge in [-0.25, -0.2) is 4.79 Å². The van der Waals surface area contributed by atoms with Crippen LogP contribution in [-0.4, -0.2) is 30.0 Å². The number of hydrogen-bond donors (Lipinski definition) is 2. The molecule has 1 heterocycles. The van der Waals surface area contributed by atoms with Crippen molar-refractivity contribution in [1.29, 1.82) is 0 Å². The molecule has 0 bridgehead atoms. The summed E-state index contributed by atoms with van der Waals surface area (Å²) in [6, 6.07) is 1.84. The van der Waals surface area contributed by atoms with E-state index in [4.69, 9.17) is 4.74 Å². The molecule has 1 aromatic heterocycles. The van der Waals surface area contributed by atoms with Crippen molar-refractivity contribution in [2.24, 2.45) is 0 Å². The molecule has 0 unspecified atom stereocenters. The van der Waals surface area contributed by atoms with Gasteiger partial charge in [0.2, 0.25) is 0 Å². The van der Waals surface area contributed by atoms with Crippen LogP contribution >= 0.6 is 0 Å². The fourth-order valence-corrected chi connectivity index (χ4v) is 3.36. The number of rotatable bonds is 18. The van der Waals surface area contributed by atoms with E-state index in [2.05, 4.69) is 24.1 Å². The van der Waals surface area contributed by atoms with Crippen molar-refractivity contribution in [3.63, 3.8) is 0 Å². The molecule has 0 atom stereocenters. The van der Waals surface area contributed by atoms with Crippen LogP contribution in [0, 0.1) is 0 Å². The monoisotopic (exact) mass is 406 g/mol. The second kappa shape index (κ2) is 17.1. The lowest BCUT2D eigenvalue weighted by Gasteiger charge is -2.05. The molecule has 0 spiro atoms. The van der Waals surface area contributed by atoms with Crippen LogP contribution in [0.4, 0.5) is 0 Å². The predicted octanol–water partition coefficient (Wildman–Crippen LogP) is 5.94. The molecule has 1 aromatic rings. The maximum absolute atomic E-state index is 12.0. The molecule has 166 valence electrons. The van der Waals surface area contributed by atoms with E-state index in [1.807, 2.05) is 12.3 Å². The quantitative estimate of drug-likeness (QED) is 0.234. The number of esters is 1. The van der Waals surface area contributed by atoms with E-state index in [1.54, 1.807) is 0 Å². The average molecular weight is 407 g/mol. The Labute approximate surface area is 177 Å². The van der Waals surface area contributed by atoms with Crippen molar-refractivity contribution in [3.05, 3.63) is 23.5 Å². The highest BCUT2D eigenvalue weighted by Gasteiger charge is 2.12. The summed E-state index contributed by atoms with van der Waals surface area (Å²) < 4.78 is 5.06. The summed E-state index contributed by atoms with van der Waals surface area (Å²) in [6.07, 6.45) is 19.4. The molecular weight excluding hydrogens is 364 g/mol. The number of aromatic amines is 1. The second-order valence-electron chi connectivity index (χ2n) is 7.99. The van der Waals surface area contributed by atoms with E-state index in [0.717, 1.165) is 31.2 Å². The number of H-pyrrole nitrogens is 1. The predicted molar refractivity (Wildman–Crippen MR) is 119 cm³/mol. The molecule has 0 saturated carbocycles. The molecule has 5 nitrogen and oxygen atoms in total. The summed E-state index contributed by atoms with van der Waals surface area (Å²) in [5.74, 6) is -0.722. The number of aryl methyl sites for hydroxylation is 1. The van der Waals surface area contributed by atoms with Crippen LogP contribution < -0.4 is 5.32 Å². The minimum atomic E-state index is -0.471. The first kappa shape index (κ1) is 25.3. The van der Waals surface area contributed by atoms with E-state index in [-0.39, 0.29) is 12.5 Å². The minimum Gasteiger partial charge on any atom is -0.451 e. The number of amides is 1. The standard InChI is InChI=1S/C24H42N2O3/c1-3-5-7-8-9-10-11-12-13-14-15-16-21-18-22(26-19-21)24(28)29-20-23(27)25-17-6-4-2/h18-19,26H,3-17,20H2,1-2H3,(H,25,27). The molecular formula is C24H42N2O3. The highest BCUT2D eigenvalue weighted by atomic mass is 16.5. The van der Waals surface area contributed by atoms with Crippen molar-refractivity contribution in [3.8, 4) is 0 Å². The molecule has 0 radical (unpaired) electrons. The van der Waals surface area contributed by atoms with E-state index in [1.165, 1.54) is 64.2 Å². The van der Waals surface area contributed by atoms with Gasteiger partial charge in [-0.3, -0.25) is 4.79 Å². The Balaban J connectivity index is 2.06. The lowest BCUT2D eigenvalue weighted by atomic mass is 10.0. The number of carbonyl (C=O) groups is 2. The maximum atomic E-state index is 12.0. The topological polar surface area (TPSA) is 71.2 Å². The Morgan fingerprint density at radius 1 is 0.862 bits per heavy atom. The largest absolute Gasteiger partial charge is 0.451 e. The van der Waals surface area contributed by atoms with Crippen molar-refractivity contribution < 1.29 is 14.3 Å². The van der Waals surface area contributed by atoms with Crippen molar-refractivity contribution in [2.45, 2.75) is 104 Å². The van der Waals surface area contributed by atoms with Gasteiger partial charge >= 0.3 is 5.97 Å². The fraction of sp³-hybridized carbons (Fsp3) is 0.750. The van der Waals surface area contributed by atoms with Crippen LogP contribution in [0.5, 0.6) is 0 Å². The summed E-state index contributed by atoms with van der Waals surface area (Å²) in [5, 5.41) is 2.73. The zero-order valence-electron chi connectivity index (χ0n) is 18.7. The minimum absolute atomic E-state index is 0.227. The fourth-order valence-electron chi connectivity index (χ4n) is 3.36. The molecule has 0 aliphatic carbocycles. The summed E-state index contributed by atoms with van der Waals surface area (Å²) in [6.45, 7) is 4.72.